The summed E-state index contributed by atoms with van der Waals surface area (Å²) in [6.07, 6.45) is 9.74. The number of amides is 3. The molecule has 62 heavy (non-hydrogen) atoms. The Hall–Kier alpha value is -4.57. The molecule has 3 N–H and O–H groups in total. The van der Waals surface area contributed by atoms with Crippen LogP contribution in [-0.2, 0) is 49.3 Å². The number of hydrogen-bond donors (Lipinski definition) is 2. The molecular weight excluding hydrogens is 820 g/mol. The molecule has 3 rings (SSSR count). The van der Waals surface area contributed by atoms with E-state index in [-0.39, 0.29) is 30.7 Å². The molecule has 0 bridgehead atoms. The van der Waals surface area contributed by atoms with Gasteiger partial charge in [0.15, 0.2) is 0 Å². The molecule has 2 saturated heterocycles. The number of likely N-dealkylation sites (N-methyl/N-ethyl adjacent to an activating group) is 2. The minimum atomic E-state index is -1.000. The number of methoxy groups -OCH3 is 2. The van der Waals surface area contributed by atoms with Gasteiger partial charge in [-0.05, 0) is 70.9 Å². The second kappa shape index (κ2) is 31.3. The molecule has 16 heteroatoms. The van der Waals surface area contributed by atoms with Gasteiger partial charge >= 0.3 is 12.1 Å². The van der Waals surface area contributed by atoms with Crippen LogP contribution in [0.25, 0.3) is 0 Å². The van der Waals surface area contributed by atoms with E-state index in [0.29, 0.717) is 68.4 Å². The topological polar surface area (TPSA) is 196 Å². The first kappa shape index (κ1) is 57.4. The average molecular weight is 894 g/mol. The number of nitrogens with two attached hydrogens (primary N) is 1. The predicted octanol–water partition coefficient (Wildman–Crippen LogP) is 6.57. The fourth-order valence-electron chi connectivity index (χ4n) is 6.50. The molecule has 0 radical (unpaired) electrons. The fraction of sp³-hybridized carbons (Fsp3) is 0.609. The summed E-state index contributed by atoms with van der Waals surface area (Å²) >= 11 is 6.15. The molecule has 0 saturated carbocycles. The molecule has 5 unspecified atom stereocenters. The smallest absolute Gasteiger partial charge is 0.407 e. The molecule has 0 aliphatic carbocycles. The van der Waals surface area contributed by atoms with E-state index >= 15 is 0 Å². The Morgan fingerprint density at radius 3 is 2.35 bits per heavy atom. The third-order valence-electron chi connectivity index (χ3n) is 10.2. The highest BCUT2D eigenvalue weighted by molar-refractivity contribution is 6.32. The van der Waals surface area contributed by atoms with E-state index in [4.69, 9.17) is 35.3 Å². The van der Waals surface area contributed by atoms with Crippen LogP contribution < -0.4 is 15.8 Å². The molecule has 15 nitrogen and oxygen atoms in total. The number of carbonyl (C=O) groups is 6. The van der Waals surface area contributed by atoms with Gasteiger partial charge in [-0.3, -0.25) is 14.4 Å². The first-order chi connectivity index (χ1) is 29.7. The zero-order valence-corrected chi connectivity index (χ0v) is 39.7. The Labute approximate surface area is 374 Å². The van der Waals surface area contributed by atoms with Crippen molar-refractivity contribution in [3.63, 3.8) is 0 Å². The lowest BCUT2D eigenvalue weighted by Gasteiger charge is -2.33. The summed E-state index contributed by atoms with van der Waals surface area (Å²) in [7, 11) is 7.80. The van der Waals surface area contributed by atoms with Gasteiger partial charge in [-0.2, -0.15) is 0 Å². The van der Waals surface area contributed by atoms with Crippen molar-refractivity contribution in [2.75, 3.05) is 41.9 Å². The van der Waals surface area contributed by atoms with E-state index in [2.05, 4.69) is 11.1 Å². The number of benzene rings is 1. The molecule has 1 aromatic rings. The van der Waals surface area contributed by atoms with Crippen molar-refractivity contribution in [3.05, 3.63) is 64.7 Å². The number of epoxide rings is 1. The number of allylic oxidation sites excluding steroid dienone is 4. The molecule has 7 atom stereocenters. The standard InChI is InChI=1S/C41H56ClN3O11.2C2H6.CH5N/c1-27(23-29-17-18-31(42)34(24-29)53-7)13-11-14-33(52-6)32-25-30(54-40(51)43-32)26-36-41(3,56-36)35(19-22-47)55-39(50)28(2)45(5)38(49)15-9-8-10-20-44(4)37(48)16-12-21-46;3*1-2/h11-14,16-18,21-22,24,28,30,32-33,35-36H,8-10,15,19-20,23,25-26H2,1-7H3,(H,43,51);2*1-2H3;2H2,1H3/b14-11+,16-12-,27-13+;;;/t28?,30?,32?,33-,35+,36?,41?;;;/m1.../s1. The predicted molar refractivity (Wildman–Crippen MR) is 242 cm³/mol. The fourth-order valence-corrected chi connectivity index (χ4v) is 6.70. The highest BCUT2D eigenvalue weighted by Crippen LogP contribution is 2.45. The van der Waals surface area contributed by atoms with Crippen LogP contribution in [0.5, 0.6) is 5.75 Å². The summed E-state index contributed by atoms with van der Waals surface area (Å²) in [5, 5.41) is 3.39. The van der Waals surface area contributed by atoms with Crippen LogP contribution in [0, 0.1) is 0 Å². The van der Waals surface area contributed by atoms with Crippen molar-refractivity contribution in [1.29, 1.82) is 0 Å². The highest BCUT2D eigenvalue weighted by Gasteiger charge is 2.60. The van der Waals surface area contributed by atoms with Gasteiger partial charge in [-0.1, -0.05) is 75.6 Å². The number of halogens is 1. The maximum Gasteiger partial charge on any atom is 0.407 e. The maximum atomic E-state index is 13.2. The number of alkyl carbamates (subject to hydrolysis) is 1. The Morgan fingerprint density at radius 2 is 1.74 bits per heavy atom. The van der Waals surface area contributed by atoms with E-state index in [1.807, 2.05) is 65.0 Å². The first-order valence-electron chi connectivity index (χ1n) is 21.4. The van der Waals surface area contributed by atoms with E-state index in [1.54, 1.807) is 41.2 Å². The number of cyclic esters (lactones) is 1. The number of carbonyl (C=O) groups excluding carboxylic acids is 6. The minimum absolute atomic E-state index is 0.116. The number of aldehydes is 2. The molecular formula is C46H73ClN4O11. The van der Waals surface area contributed by atoms with Gasteiger partial charge in [0.2, 0.25) is 11.8 Å². The van der Waals surface area contributed by atoms with Gasteiger partial charge < -0.3 is 49.3 Å². The molecule has 350 valence electrons. The minimum Gasteiger partial charge on any atom is -0.495 e. The summed E-state index contributed by atoms with van der Waals surface area (Å²) in [6, 6.07) is 4.35. The molecule has 3 amide bonds. The normalized spacial score (nSPS) is 20.5. The van der Waals surface area contributed by atoms with Crippen molar-refractivity contribution in [2.45, 2.75) is 142 Å². The first-order valence-corrected chi connectivity index (χ1v) is 21.7. The number of esters is 1. The quantitative estimate of drug-likeness (QED) is 0.0300. The number of hydrogen-bond acceptors (Lipinski definition) is 12. The summed E-state index contributed by atoms with van der Waals surface area (Å²) in [6.45, 7) is 13.8. The summed E-state index contributed by atoms with van der Waals surface area (Å²) in [4.78, 5) is 75.5. The van der Waals surface area contributed by atoms with Crippen molar-refractivity contribution in [2.24, 2.45) is 5.73 Å². The lowest BCUT2D eigenvalue weighted by atomic mass is 9.92. The summed E-state index contributed by atoms with van der Waals surface area (Å²) < 4.78 is 28.4. The van der Waals surface area contributed by atoms with Crippen LogP contribution in [0.4, 0.5) is 4.79 Å². The zero-order valence-electron chi connectivity index (χ0n) is 38.9. The van der Waals surface area contributed by atoms with Gasteiger partial charge in [0.25, 0.3) is 0 Å². The molecule has 0 spiro atoms. The zero-order chi connectivity index (χ0) is 47.4. The number of unbranched alkanes of at least 4 members (excludes halogenated alkanes) is 2. The van der Waals surface area contributed by atoms with Gasteiger partial charge in [-0.15, -0.1) is 0 Å². The van der Waals surface area contributed by atoms with Crippen LogP contribution in [0.15, 0.2) is 54.2 Å². The average Bonchev–Trinajstić information content (AvgIpc) is 3.94. The number of ether oxygens (including phenoxy) is 5. The maximum absolute atomic E-state index is 13.2. The van der Waals surface area contributed by atoms with E-state index in [9.17, 15) is 28.8 Å². The second-order valence-electron chi connectivity index (χ2n) is 14.4. The molecule has 2 fully saturated rings. The summed E-state index contributed by atoms with van der Waals surface area (Å²) in [5.41, 5.74) is 5.64. The Balaban J connectivity index is 0.00000593. The number of nitrogens with one attached hydrogen (secondary N) is 1. The summed E-state index contributed by atoms with van der Waals surface area (Å²) in [5.74, 6) is -0.583. The van der Waals surface area contributed by atoms with Crippen LogP contribution in [0.1, 0.15) is 99.0 Å². The lowest BCUT2D eigenvalue weighted by Crippen LogP contribution is -2.51. The third-order valence-corrected chi connectivity index (χ3v) is 10.5. The lowest BCUT2D eigenvalue weighted by molar-refractivity contribution is -0.161. The van der Waals surface area contributed by atoms with E-state index < -0.39 is 48.1 Å². The van der Waals surface area contributed by atoms with Crippen molar-refractivity contribution in [3.8, 4) is 5.75 Å². The SMILES string of the molecule is CC.CC.CN.COc1cc(C/C(C)=C/C=C/[C@@H](OC)C2CC(CC3OC3(C)[C@H](CC=O)OC(=O)C(C)N(C)C(=O)CCCCCN(C)C(=O)/C=C\C=O)OC(=O)N2)ccc1Cl. The molecule has 0 aromatic heterocycles. The Morgan fingerprint density at radius 1 is 1.06 bits per heavy atom. The Bertz CT molecular complexity index is 1640. The van der Waals surface area contributed by atoms with E-state index in [1.165, 1.54) is 30.0 Å². The molecule has 1 aromatic carbocycles. The Kier molecular flexibility index (Phi) is 29.0. The van der Waals surface area contributed by atoms with Crippen LogP contribution in [0.3, 0.4) is 0 Å². The van der Waals surface area contributed by atoms with Crippen molar-refractivity contribution >= 4 is 48.1 Å². The highest BCUT2D eigenvalue weighted by atomic mass is 35.5. The van der Waals surface area contributed by atoms with Gasteiger partial charge in [0, 0.05) is 59.5 Å². The number of rotatable bonds is 23. The van der Waals surface area contributed by atoms with Crippen LogP contribution >= 0.6 is 11.6 Å². The van der Waals surface area contributed by atoms with Crippen LogP contribution in [-0.4, -0.2) is 130 Å². The van der Waals surface area contributed by atoms with Crippen LogP contribution in [0.2, 0.25) is 5.02 Å². The molecule has 2 aliphatic heterocycles. The molecule has 2 aliphatic rings. The number of nitrogens with zero attached hydrogens (tertiary/aromatic N) is 2. The van der Waals surface area contributed by atoms with Gasteiger partial charge in [-0.25, -0.2) is 9.59 Å². The monoisotopic (exact) mass is 892 g/mol. The van der Waals surface area contributed by atoms with Crippen molar-refractivity contribution in [1.82, 2.24) is 15.1 Å². The van der Waals surface area contributed by atoms with Gasteiger partial charge in [0.05, 0.1) is 30.4 Å². The third kappa shape index (κ3) is 19.2. The largest absolute Gasteiger partial charge is 0.495 e. The molecule has 2 heterocycles. The van der Waals surface area contributed by atoms with Gasteiger partial charge in [0.1, 0.15) is 42.2 Å². The van der Waals surface area contributed by atoms with Crippen molar-refractivity contribution < 1.29 is 52.5 Å². The second-order valence-corrected chi connectivity index (χ2v) is 14.8. The van der Waals surface area contributed by atoms with E-state index in [0.717, 1.165) is 17.2 Å².